The van der Waals surface area contributed by atoms with Crippen LogP contribution in [0.3, 0.4) is 0 Å². The van der Waals surface area contributed by atoms with Gasteiger partial charge in [-0.3, -0.25) is 48.3 Å². The molecule has 16 aromatic rings. The van der Waals surface area contributed by atoms with E-state index in [0.717, 1.165) is 248 Å². The summed E-state index contributed by atoms with van der Waals surface area (Å²) in [7, 11) is 17.2. The number of aliphatic hydroxyl groups excluding tert-OH is 3. The van der Waals surface area contributed by atoms with Crippen molar-refractivity contribution in [3.63, 3.8) is 0 Å². The average molecular weight is 1980 g/mol. The smallest absolute Gasteiger partial charge is 0.254 e. The van der Waals surface area contributed by atoms with Gasteiger partial charge in [0.15, 0.2) is 0 Å². The molecule has 8 aromatic carbocycles. The molecule has 758 valence electrons. The van der Waals surface area contributed by atoms with Crippen molar-refractivity contribution in [2.75, 3.05) is 155 Å². The number of aliphatic hydroxyl groups is 3. The van der Waals surface area contributed by atoms with Gasteiger partial charge in [-0.05, 0) is 162 Å². The number of methoxy groups -OCH3 is 7. The number of amides is 2. The molecule has 0 spiro atoms. The van der Waals surface area contributed by atoms with Crippen LogP contribution < -0.4 is 58.1 Å². The van der Waals surface area contributed by atoms with E-state index in [4.69, 9.17) is 53.1 Å². The molecule has 5 aliphatic rings. The quantitative estimate of drug-likeness (QED) is 0.0287. The van der Waals surface area contributed by atoms with Gasteiger partial charge in [-0.25, -0.2) is 19.9 Å². The first-order valence-corrected chi connectivity index (χ1v) is 49.7. The molecule has 11 heterocycles. The standard InChI is InChI=1S/C29H32N6O4.C27H32N6O3.C27H30N6O3.C27H32N6O2/c1-38-24-9-22(10-25(12-24)39-2)35(15-19-3-4-19)21-5-6-26-27(11-21)32-28(14-30-26)20-13-31-34(16-20)18-29(37)33-8-7-23(36)17-33;1-31-17-19(15-29-31)27-16-28-25-6-5-20(13-26(25)30-27)33(9-4-8-32-10-7-22(34)18-32)21-11-23(35-2)14-24(12-21)36-3;1-31-18-20(16-29-31)26-17-28-24-7-6-21(15-25(24)30-26)33(10-5-11-34)22-12-19(13-23(14-22)36-2)27(35)32-8-3-4-9-32;1-32-18-19(16-30-32)27-17-29-25-9-8-21(14-26(25)31-27)33(11-10-28-20-6-4-5-7-20)22-12-23(34-2)15-24(13-22)35-3/h5-6,9-14,16,19,23,36H,3-4,7-8,15,17-18H2,1-2H3;5-6,11-17,22,34H,4,7-10,18H2,1-3H3;6-7,12-18,34H,3-5,8-11H2,1-2H3;8-9,12-18,20,28H,4-7,10-11H2,1-3H3. The van der Waals surface area contributed by atoms with E-state index in [1.165, 1.54) is 38.5 Å². The largest absolute Gasteiger partial charge is 0.497 e. The lowest BCUT2D eigenvalue weighted by Gasteiger charge is -2.27. The lowest BCUT2D eigenvalue weighted by Crippen LogP contribution is -2.34. The first-order chi connectivity index (χ1) is 71.2. The minimum absolute atomic E-state index is 0.0141. The molecule has 36 nitrogen and oxygen atoms in total. The Morgan fingerprint density at radius 3 is 1.15 bits per heavy atom. The van der Waals surface area contributed by atoms with Crippen LogP contribution in [0.1, 0.15) is 87.4 Å². The van der Waals surface area contributed by atoms with Crippen LogP contribution in [0.25, 0.3) is 89.2 Å². The molecular formula is C110H126N24O12. The highest BCUT2D eigenvalue weighted by molar-refractivity contribution is 5.97. The summed E-state index contributed by atoms with van der Waals surface area (Å²) < 4.78 is 45.7. The van der Waals surface area contributed by atoms with Gasteiger partial charge >= 0.3 is 0 Å². The van der Waals surface area contributed by atoms with E-state index in [2.05, 4.69) is 107 Å². The number of rotatable bonds is 35. The third-order valence-corrected chi connectivity index (χ3v) is 27.0. The number of likely N-dealkylation sites (tertiary alicyclic amines) is 3. The average Bonchev–Trinajstić information content (AvgIpc) is 1.16. The Hall–Kier alpha value is -15.5. The van der Waals surface area contributed by atoms with Gasteiger partial charge in [-0.1, -0.05) is 12.8 Å². The summed E-state index contributed by atoms with van der Waals surface area (Å²) in [5, 5.41) is 50.1. The van der Waals surface area contributed by atoms with Crippen LogP contribution in [0.15, 0.2) is 220 Å². The van der Waals surface area contributed by atoms with Crippen LogP contribution in [0.2, 0.25) is 0 Å². The number of hydrogen-bond acceptors (Lipinski definition) is 30. The van der Waals surface area contributed by atoms with E-state index in [1.807, 2.05) is 160 Å². The first-order valence-electron chi connectivity index (χ1n) is 49.7. The van der Waals surface area contributed by atoms with Gasteiger partial charge in [0.1, 0.15) is 46.8 Å². The monoisotopic (exact) mass is 1970 g/mol. The molecule has 21 rings (SSSR count). The van der Waals surface area contributed by atoms with Crippen molar-refractivity contribution in [1.29, 1.82) is 0 Å². The highest BCUT2D eigenvalue weighted by Gasteiger charge is 2.31. The number of nitrogens with one attached hydrogen (secondary N) is 1. The van der Waals surface area contributed by atoms with Crippen molar-refractivity contribution in [2.45, 2.75) is 102 Å². The molecule has 4 N–H and O–H groups in total. The molecule has 2 saturated carbocycles. The SMILES string of the molecule is COc1cc(C(=O)N2CCCC2)cc(N(CCCO)c2ccc3ncc(-c4cnn(C)c4)nc3c2)c1.COc1cc(OC)cc(N(CC2CC2)c2ccc3ncc(-c4cnn(CC(=O)N5CCC(O)C5)c4)nc3c2)c1.COc1cc(OC)cc(N(CCCN2CCC(O)C2)c2ccc3ncc(-c4cnn(C)c4)nc3c2)c1.COc1cc(OC)cc(N(CCNC2CCCC2)c2ccc3ncc(-c4cnn(C)c4)nc3c2)c1. The molecule has 2 aliphatic carbocycles. The Kier molecular flexibility index (Phi) is 32.3. The minimum atomic E-state index is -0.439. The molecule has 36 heteroatoms. The summed E-state index contributed by atoms with van der Waals surface area (Å²) in [5.41, 5.74) is 21.4. The Morgan fingerprint density at radius 2 is 0.760 bits per heavy atom. The topological polar surface area (TPSA) is 369 Å². The maximum Gasteiger partial charge on any atom is 0.254 e. The Bertz CT molecular complexity index is 7130. The molecule has 8 aromatic heterocycles. The maximum atomic E-state index is 13.2. The first kappa shape index (κ1) is 101. The van der Waals surface area contributed by atoms with Crippen molar-refractivity contribution in [1.82, 2.24) is 99.0 Å². The van der Waals surface area contributed by atoms with Gasteiger partial charge in [0.25, 0.3) is 5.91 Å². The van der Waals surface area contributed by atoms with Crippen LogP contribution in [0.4, 0.5) is 45.5 Å². The molecule has 2 unspecified atom stereocenters. The number of carbonyl (C=O) groups is 2. The Morgan fingerprint density at radius 1 is 0.377 bits per heavy atom. The summed E-state index contributed by atoms with van der Waals surface area (Å²) in [5.74, 6) is 5.68. The molecule has 5 fully saturated rings. The van der Waals surface area contributed by atoms with E-state index >= 15 is 0 Å². The van der Waals surface area contributed by atoms with E-state index < -0.39 is 6.10 Å². The minimum Gasteiger partial charge on any atom is -0.497 e. The summed E-state index contributed by atoms with van der Waals surface area (Å²) in [6.45, 7) is 9.22. The highest BCUT2D eigenvalue weighted by Crippen LogP contribution is 2.43. The number of aromatic nitrogens is 16. The summed E-state index contributed by atoms with van der Waals surface area (Å²) in [4.78, 5) is 78.5. The second-order valence-electron chi connectivity index (χ2n) is 37.4. The fourth-order valence-electron chi connectivity index (χ4n) is 19.0. The van der Waals surface area contributed by atoms with Gasteiger partial charge < -0.3 is 88.1 Å². The molecule has 2 amide bonds. The Labute approximate surface area is 848 Å². The number of fused-ring (bicyclic) bond motifs is 4. The summed E-state index contributed by atoms with van der Waals surface area (Å²) >= 11 is 0. The van der Waals surface area contributed by atoms with E-state index in [9.17, 15) is 24.9 Å². The van der Waals surface area contributed by atoms with Crippen molar-refractivity contribution in [3.05, 3.63) is 226 Å². The van der Waals surface area contributed by atoms with Crippen LogP contribution in [-0.2, 0) is 32.5 Å². The molecule has 3 saturated heterocycles. The second-order valence-corrected chi connectivity index (χ2v) is 37.4. The molecule has 2 atom stereocenters. The van der Waals surface area contributed by atoms with E-state index in [0.29, 0.717) is 61.4 Å². The molecule has 0 radical (unpaired) electrons. The van der Waals surface area contributed by atoms with Gasteiger partial charge in [0, 0.05) is 265 Å². The number of β-amino-alcohol motifs (C(OH)–C–C–N with tert-alkyl or cyclic N) is 2. The zero-order valence-corrected chi connectivity index (χ0v) is 84.3. The van der Waals surface area contributed by atoms with Crippen molar-refractivity contribution in [2.24, 2.45) is 27.1 Å². The van der Waals surface area contributed by atoms with Gasteiger partial charge in [0.2, 0.25) is 5.91 Å². The fraction of sp³-hybridized carbons (Fsp3) is 0.364. The number of hydrogen-bond donors (Lipinski definition) is 4. The lowest BCUT2D eigenvalue weighted by molar-refractivity contribution is -0.131. The lowest BCUT2D eigenvalue weighted by atomic mass is 10.1. The van der Waals surface area contributed by atoms with Crippen LogP contribution in [0, 0.1) is 5.92 Å². The van der Waals surface area contributed by atoms with Crippen molar-refractivity contribution < 1.29 is 58.1 Å². The zero-order valence-electron chi connectivity index (χ0n) is 84.3. The third kappa shape index (κ3) is 24.9. The van der Waals surface area contributed by atoms with Crippen molar-refractivity contribution in [3.8, 4) is 85.3 Å². The third-order valence-electron chi connectivity index (χ3n) is 27.0. The number of ether oxygens (including phenoxy) is 7. The number of anilines is 8. The molecular weight excluding hydrogens is 1850 g/mol. The van der Waals surface area contributed by atoms with E-state index in [1.54, 1.807) is 123 Å². The predicted octanol–water partition coefficient (Wildman–Crippen LogP) is 15.8. The van der Waals surface area contributed by atoms with Gasteiger partial charge in [-0.15, -0.1) is 0 Å². The van der Waals surface area contributed by atoms with Gasteiger partial charge in [0.05, 0.1) is 178 Å². The normalized spacial score (nSPS) is 15.1. The van der Waals surface area contributed by atoms with Crippen molar-refractivity contribution >= 4 is 101 Å². The van der Waals surface area contributed by atoms with Crippen LogP contribution in [-0.4, -0.2) is 274 Å². The number of aryl methyl sites for hydroxylation is 3. The molecule has 0 bridgehead atoms. The Balaban J connectivity index is 0.000000128. The summed E-state index contributed by atoms with van der Waals surface area (Å²) in [6.07, 6.45) is 33.7. The molecule has 3 aliphatic heterocycles. The molecule has 146 heavy (non-hydrogen) atoms. The van der Waals surface area contributed by atoms with E-state index in [-0.39, 0.29) is 31.1 Å². The number of benzene rings is 8. The van der Waals surface area contributed by atoms with Gasteiger partial charge in [-0.2, -0.15) is 20.4 Å². The predicted molar refractivity (Wildman–Crippen MR) is 564 cm³/mol. The number of nitrogens with zero attached hydrogens (tertiary/aromatic N) is 23. The second kappa shape index (κ2) is 46.9. The fourth-order valence-corrected chi connectivity index (χ4v) is 19.0. The maximum absolute atomic E-state index is 13.2. The number of carbonyl (C=O) groups excluding carboxylic acids is 2. The van der Waals surface area contributed by atoms with Crippen LogP contribution >= 0.6 is 0 Å². The zero-order chi connectivity index (χ0) is 101. The van der Waals surface area contributed by atoms with Crippen LogP contribution in [0.5, 0.6) is 40.2 Å². The highest BCUT2D eigenvalue weighted by atomic mass is 16.5. The summed E-state index contributed by atoms with van der Waals surface area (Å²) in [6, 6.07) is 48.5.